The summed E-state index contributed by atoms with van der Waals surface area (Å²) in [4.78, 5) is 12.0. The Hall–Kier alpha value is -1.00. The van der Waals surface area contributed by atoms with Gasteiger partial charge in [-0.05, 0) is 26.0 Å². The number of carbonyl (C=O) groups is 1. The largest absolute Gasteiger partial charge is 0.463 e. The van der Waals surface area contributed by atoms with Gasteiger partial charge in [0.15, 0.2) is 0 Å². The molecule has 0 aliphatic rings. The number of aliphatic hydroxyl groups excluding tert-OH is 1. The molecule has 0 heterocycles. The Kier molecular flexibility index (Phi) is 4.65. The van der Waals surface area contributed by atoms with Gasteiger partial charge in [0.25, 0.3) is 0 Å². The summed E-state index contributed by atoms with van der Waals surface area (Å²) in [6.45, 7) is 3.97. The number of thioether (sulfide) groups is 1. The van der Waals surface area contributed by atoms with E-state index in [9.17, 15) is 9.90 Å². The molecule has 1 atom stereocenters. The lowest BCUT2D eigenvalue weighted by molar-refractivity contribution is -0.148. The second-order valence-electron chi connectivity index (χ2n) is 3.04. The predicted octanol–water partition coefficient (Wildman–Crippen LogP) is 1.97. The van der Waals surface area contributed by atoms with E-state index in [2.05, 4.69) is 4.74 Å². The van der Waals surface area contributed by atoms with Crippen LogP contribution in [0.3, 0.4) is 0 Å². The van der Waals surface area contributed by atoms with E-state index < -0.39 is 11.4 Å². The fourth-order valence-corrected chi connectivity index (χ4v) is 1.72. The van der Waals surface area contributed by atoms with Crippen LogP contribution in [0, 0.1) is 6.92 Å². The number of aryl methyl sites for hydroxylation is 1. The van der Waals surface area contributed by atoms with Gasteiger partial charge in [0.2, 0.25) is 5.44 Å². The van der Waals surface area contributed by atoms with Gasteiger partial charge in [-0.3, -0.25) is 0 Å². The lowest BCUT2D eigenvalue weighted by Crippen LogP contribution is -2.19. The average Bonchev–Trinajstić information content (AvgIpc) is 2.22. The van der Waals surface area contributed by atoms with Crippen LogP contribution in [0.4, 0.5) is 0 Å². The van der Waals surface area contributed by atoms with Crippen LogP contribution in [0.1, 0.15) is 12.5 Å². The molecule has 0 saturated carbocycles. The number of benzene rings is 1. The van der Waals surface area contributed by atoms with Crippen molar-refractivity contribution in [3.8, 4) is 0 Å². The predicted molar refractivity (Wildman–Crippen MR) is 59.7 cm³/mol. The van der Waals surface area contributed by atoms with Crippen LogP contribution >= 0.6 is 11.8 Å². The molecule has 4 heteroatoms. The van der Waals surface area contributed by atoms with Gasteiger partial charge in [0.05, 0.1) is 6.61 Å². The Bertz CT molecular complexity index is 321. The maximum absolute atomic E-state index is 11.1. The molecule has 0 aromatic heterocycles. The molecule has 0 spiro atoms. The number of carbonyl (C=O) groups excluding carboxylic acids is 1. The van der Waals surface area contributed by atoms with Crippen molar-refractivity contribution in [2.24, 2.45) is 0 Å². The van der Waals surface area contributed by atoms with E-state index in [0.717, 1.165) is 22.2 Å². The maximum Gasteiger partial charge on any atom is 0.345 e. The summed E-state index contributed by atoms with van der Waals surface area (Å²) in [6.07, 6.45) is 0. The highest BCUT2D eigenvalue weighted by Gasteiger charge is 2.17. The molecule has 0 amide bonds. The number of hydrogen-bond acceptors (Lipinski definition) is 4. The zero-order chi connectivity index (χ0) is 11.3. The molecule has 1 N–H and O–H groups in total. The van der Waals surface area contributed by atoms with Crippen molar-refractivity contribution >= 4 is 17.7 Å². The molecule has 15 heavy (non-hydrogen) atoms. The molecular weight excluding hydrogens is 212 g/mol. The molecule has 1 unspecified atom stereocenters. The third-order valence-electron chi connectivity index (χ3n) is 1.76. The smallest absolute Gasteiger partial charge is 0.345 e. The fourth-order valence-electron chi connectivity index (χ4n) is 1.01. The second-order valence-corrected chi connectivity index (χ2v) is 4.19. The fraction of sp³-hybridized carbons (Fsp3) is 0.364. The third-order valence-corrected chi connectivity index (χ3v) is 2.72. The molecule has 82 valence electrons. The van der Waals surface area contributed by atoms with E-state index in [1.54, 1.807) is 6.92 Å². The molecule has 0 saturated heterocycles. The Morgan fingerprint density at radius 2 is 2.07 bits per heavy atom. The molecule has 0 aliphatic carbocycles. The normalized spacial score (nSPS) is 12.2. The van der Waals surface area contributed by atoms with Gasteiger partial charge in [0.1, 0.15) is 0 Å². The Morgan fingerprint density at radius 1 is 1.47 bits per heavy atom. The standard InChI is InChI=1S/C11H14O3S/c1-3-14-10(12)11(13)15-9-6-4-8(2)5-7-9/h4-7,11,13H,3H2,1-2H3. The van der Waals surface area contributed by atoms with Crippen molar-refractivity contribution in [3.05, 3.63) is 29.8 Å². The quantitative estimate of drug-likeness (QED) is 0.484. The minimum absolute atomic E-state index is 0.282. The first-order chi connectivity index (χ1) is 7.13. The van der Waals surface area contributed by atoms with Gasteiger partial charge >= 0.3 is 5.97 Å². The third kappa shape index (κ3) is 3.93. The van der Waals surface area contributed by atoms with E-state index in [-0.39, 0.29) is 6.61 Å². The topological polar surface area (TPSA) is 46.5 Å². The summed E-state index contributed by atoms with van der Waals surface area (Å²) in [5, 5.41) is 9.46. The Labute approximate surface area is 93.4 Å². The lowest BCUT2D eigenvalue weighted by atomic mass is 10.2. The van der Waals surface area contributed by atoms with Gasteiger partial charge < -0.3 is 9.84 Å². The molecule has 0 fully saturated rings. The van der Waals surface area contributed by atoms with Crippen LogP contribution < -0.4 is 0 Å². The minimum Gasteiger partial charge on any atom is -0.463 e. The van der Waals surface area contributed by atoms with E-state index in [4.69, 9.17) is 0 Å². The Morgan fingerprint density at radius 3 is 2.60 bits per heavy atom. The minimum atomic E-state index is -1.15. The van der Waals surface area contributed by atoms with Crippen molar-refractivity contribution in [1.29, 1.82) is 0 Å². The number of aliphatic hydroxyl groups is 1. The van der Waals surface area contributed by atoms with Crippen LogP contribution in [0.15, 0.2) is 29.2 Å². The van der Waals surface area contributed by atoms with E-state index in [1.165, 1.54) is 0 Å². The van der Waals surface area contributed by atoms with Gasteiger partial charge in [0, 0.05) is 4.90 Å². The van der Waals surface area contributed by atoms with Crippen molar-refractivity contribution < 1.29 is 14.6 Å². The van der Waals surface area contributed by atoms with Gasteiger partial charge in [-0.15, -0.1) is 0 Å². The van der Waals surface area contributed by atoms with Crippen LogP contribution in [0.5, 0.6) is 0 Å². The van der Waals surface area contributed by atoms with Gasteiger partial charge in [-0.2, -0.15) is 0 Å². The lowest BCUT2D eigenvalue weighted by Gasteiger charge is -2.08. The summed E-state index contributed by atoms with van der Waals surface area (Å²) >= 11 is 1.08. The highest BCUT2D eigenvalue weighted by atomic mass is 32.2. The maximum atomic E-state index is 11.1. The zero-order valence-electron chi connectivity index (χ0n) is 8.77. The molecular formula is C11H14O3S. The van der Waals surface area contributed by atoms with Crippen LogP contribution in [-0.2, 0) is 9.53 Å². The number of ether oxygens (including phenoxy) is 1. The highest BCUT2D eigenvalue weighted by molar-refractivity contribution is 8.00. The number of esters is 1. The summed E-state index contributed by atoms with van der Waals surface area (Å²) in [7, 11) is 0. The first-order valence-corrected chi connectivity index (χ1v) is 5.59. The zero-order valence-corrected chi connectivity index (χ0v) is 9.58. The Balaban J connectivity index is 2.54. The van der Waals surface area contributed by atoms with Crippen molar-refractivity contribution in [3.63, 3.8) is 0 Å². The molecule has 0 aliphatic heterocycles. The van der Waals surface area contributed by atoms with Crippen LogP contribution in [0.2, 0.25) is 0 Å². The van der Waals surface area contributed by atoms with Crippen molar-refractivity contribution in [2.75, 3.05) is 6.61 Å². The van der Waals surface area contributed by atoms with E-state index >= 15 is 0 Å². The monoisotopic (exact) mass is 226 g/mol. The summed E-state index contributed by atoms with van der Waals surface area (Å²) < 4.78 is 4.69. The van der Waals surface area contributed by atoms with Gasteiger partial charge in [-0.25, -0.2) is 4.79 Å². The van der Waals surface area contributed by atoms with E-state index in [1.807, 2.05) is 31.2 Å². The first kappa shape index (κ1) is 12.1. The molecule has 0 radical (unpaired) electrons. The molecule has 3 nitrogen and oxygen atoms in total. The van der Waals surface area contributed by atoms with Crippen LogP contribution in [0.25, 0.3) is 0 Å². The molecule has 0 bridgehead atoms. The summed E-state index contributed by atoms with van der Waals surface area (Å²) in [5.41, 5.74) is -0.00219. The van der Waals surface area contributed by atoms with Crippen molar-refractivity contribution in [1.82, 2.24) is 0 Å². The van der Waals surface area contributed by atoms with Crippen molar-refractivity contribution in [2.45, 2.75) is 24.2 Å². The molecule has 1 rings (SSSR count). The molecule has 1 aromatic rings. The van der Waals surface area contributed by atoms with E-state index in [0.29, 0.717) is 0 Å². The number of hydrogen-bond donors (Lipinski definition) is 1. The highest BCUT2D eigenvalue weighted by Crippen LogP contribution is 2.22. The van der Waals surface area contributed by atoms with Gasteiger partial charge in [-0.1, -0.05) is 29.5 Å². The summed E-state index contributed by atoms with van der Waals surface area (Å²) in [5.74, 6) is -0.594. The SMILES string of the molecule is CCOC(=O)C(O)Sc1ccc(C)cc1. The number of rotatable bonds is 4. The average molecular weight is 226 g/mol. The molecule has 1 aromatic carbocycles. The van der Waals surface area contributed by atoms with Crippen LogP contribution in [-0.4, -0.2) is 23.1 Å². The second kappa shape index (κ2) is 5.78. The summed E-state index contributed by atoms with van der Waals surface area (Å²) in [6, 6.07) is 7.59. The first-order valence-electron chi connectivity index (χ1n) is 4.71.